The van der Waals surface area contributed by atoms with Gasteiger partial charge in [0.15, 0.2) is 0 Å². The molecule has 0 aromatic carbocycles. The van der Waals surface area contributed by atoms with E-state index < -0.39 is 0 Å². The zero-order valence-electron chi connectivity index (χ0n) is 15.9. The van der Waals surface area contributed by atoms with E-state index in [-0.39, 0.29) is 6.10 Å². The van der Waals surface area contributed by atoms with Crippen LogP contribution < -0.4 is 0 Å². The summed E-state index contributed by atoms with van der Waals surface area (Å²) in [5.41, 5.74) is 0. The maximum atomic E-state index is 9.73. The van der Waals surface area contributed by atoms with E-state index in [0.29, 0.717) is 17.5 Å². The molecule has 0 aromatic rings. The van der Waals surface area contributed by atoms with E-state index in [9.17, 15) is 5.11 Å². The van der Waals surface area contributed by atoms with Crippen LogP contribution in [0.15, 0.2) is 0 Å². The van der Waals surface area contributed by atoms with Crippen molar-refractivity contribution >= 4 is 10.9 Å². The van der Waals surface area contributed by atoms with E-state index in [1.165, 1.54) is 70.0 Å². The lowest BCUT2D eigenvalue weighted by Gasteiger charge is -2.11. The van der Waals surface area contributed by atoms with Gasteiger partial charge in [0.25, 0.3) is 0 Å². The molecule has 0 saturated heterocycles. The lowest BCUT2D eigenvalue weighted by molar-refractivity contribution is 0.167. The lowest BCUT2D eigenvalue weighted by atomic mass is 10.1. The van der Waals surface area contributed by atoms with Crippen LogP contribution in [0.4, 0.5) is 0 Å². The monoisotopic (exact) mass is 347 g/mol. The zero-order valence-corrected chi connectivity index (χ0v) is 16.7. The van der Waals surface area contributed by atoms with E-state index in [1.54, 1.807) is 0 Å². The molecular weight excluding hydrogens is 304 g/mol. The number of aliphatic hydroxyl groups excluding tert-OH is 2. The molecule has 0 saturated carbocycles. The fourth-order valence-electron chi connectivity index (χ4n) is 2.88. The average Bonchev–Trinajstić information content (AvgIpc) is 2.57. The fraction of sp³-hybridized carbons (Fsp3) is 1.00. The molecule has 2 atom stereocenters. The van der Waals surface area contributed by atoms with Crippen molar-refractivity contribution in [3.8, 4) is 0 Å². The fourth-order valence-corrected chi connectivity index (χ4v) is 5.24. The molecule has 0 spiro atoms. The number of unbranched alkanes of at least 4 members (excludes halogenated alkanes) is 9. The summed E-state index contributed by atoms with van der Waals surface area (Å²) in [6.45, 7) is 4.65. The van der Waals surface area contributed by atoms with Gasteiger partial charge in [-0.3, -0.25) is 0 Å². The minimum absolute atomic E-state index is 0.119. The van der Waals surface area contributed by atoms with Gasteiger partial charge >= 0.3 is 0 Å². The molecule has 23 heavy (non-hydrogen) atoms. The molecule has 0 aliphatic carbocycles. The number of hydrogen-bond donors (Lipinski definition) is 2. The van der Waals surface area contributed by atoms with Crippen molar-refractivity contribution in [1.29, 1.82) is 0 Å². The van der Waals surface area contributed by atoms with Gasteiger partial charge in [0.05, 0.1) is 6.10 Å². The summed E-state index contributed by atoms with van der Waals surface area (Å²) in [6, 6.07) is 0. The van der Waals surface area contributed by atoms with Crippen molar-refractivity contribution in [1.82, 2.24) is 0 Å². The van der Waals surface area contributed by atoms with Crippen molar-refractivity contribution in [2.75, 3.05) is 23.9 Å². The summed E-state index contributed by atoms with van der Waals surface area (Å²) < 4.78 is 0. The molecule has 0 fully saturated rings. The number of aliphatic hydroxyl groups is 2. The lowest BCUT2D eigenvalue weighted by Crippen LogP contribution is -2.21. The molecule has 2 nitrogen and oxygen atoms in total. The summed E-state index contributed by atoms with van der Waals surface area (Å²) in [5, 5.41) is 18.8. The highest BCUT2D eigenvalue weighted by molar-refractivity contribution is 7.96. The second-order valence-electron chi connectivity index (χ2n) is 6.83. The van der Waals surface area contributed by atoms with Crippen LogP contribution in [0.5, 0.6) is 0 Å². The Morgan fingerprint density at radius 3 is 1.74 bits per heavy atom. The van der Waals surface area contributed by atoms with E-state index in [4.69, 9.17) is 5.11 Å². The van der Waals surface area contributed by atoms with Crippen molar-refractivity contribution in [2.24, 2.45) is 0 Å². The van der Waals surface area contributed by atoms with Crippen LogP contribution in [0.25, 0.3) is 0 Å². The van der Waals surface area contributed by atoms with Gasteiger partial charge in [0.1, 0.15) is 17.3 Å². The predicted octanol–water partition coefficient (Wildman–Crippen LogP) is 5.07. The largest absolute Gasteiger partial charge is 0.396 e. The van der Waals surface area contributed by atoms with Gasteiger partial charge in [-0.15, -0.1) is 0 Å². The molecular formula is C20H43O2S+. The van der Waals surface area contributed by atoms with Crippen molar-refractivity contribution in [3.05, 3.63) is 0 Å². The van der Waals surface area contributed by atoms with Crippen LogP contribution in [0.3, 0.4) is 0 Å². The van der Waals surface area contributed by atoms with Gasteiger partial charge in [-0.25, -0.2) is 0 Å². The van der Waals surface area contributed by atoms with Crippen molar-refractivity contribution in [3.63, 3.8) is 0 Å². The van der Waals surface area contributed by atoms with E-state index in [1.807, 2.05) is 0 Å². The first-order valence-electron chi connectivity index (χ1n) is 10.2. The molecule has 0 bridgehead atoms. The second-order valence-corrected chi connectivity index (χ2v) is 9.28. The Morgan fingerprint density at radius 1 is 0.696 bits per heavy atom. The predicted molar refractivity (Wildman–Crippen MR) is 106 cm³/mol. The summed E-state index contributed by atoms with van der Waals surface area (Å²) in [6.07, 6.45) is 16.6. The third-order valence-corrected chi connectivity index (χ3v) is 7.13. The first-order chi connectivity index (χ1) is 11.2. The van der Waals surface area contributed by atoms with Crippen LogP contribution in [0, 0.1) is 0 Å². The Kier molecular flexibility index (Phi) is 18.8. The third-order valence-electron chi connectivity index (χ3n) is 4.59. The van der Waals surface area contributed by atoms with Crippen LogP contribution in [0.2, 0.25) is 0 Å². The summed E-state index contributed by atoms with van der Waals surface area (Å²) in [4.78, 5) is 0. The van der Waals surface area contributed by atoms with Gasteiger partial charge in [0, 0.05) is 19.4 Å². The first-order valence-corrected chi connectivity index (χ1v) is 11.9. The Bertz CT molecular complexity index is 224. The van der Waals surface area contributed by atoms with E-state index in [0.717, 1.165) is 30.8 Å². The third kappa shape index (κ3) is 16.9. The number of hydrogen-bond acceptors (Lipinski definition) is 2. The Morgan fingerprint density at radius 2 is 1.22 bits per heavy atom. The molecule has 0 heterocycles. The highest BCUT2D eigenvalue weighted by Crippen LogP contribution is 2.13. The minimum atomic E-state index is -0.119. The summed E-state index contributed by atoms with van der Waals surface area (Å²) in [7, 11) is 0.421. The molecule has 2 N–H and O–H groups in total. The first kappa shape index (κ1) is 23.3. The Hall–Kier alpha value is 0.270. The molecule has 0 aliphatic rings. The maximum Gasteiger partial charge on any atom is 0.110 e. The van der Waals surface area contributed by atoms with Gasteiger partial charge < -0.3 is 10.2 Å². The Labute approximate surface area is 148 Å². The standard InChI is InChI=1S/C20H43O2S/c1-3-5-6-7-8-9-10-11-12-13-17-23(18-14-16-21)19-15-20(22)4-2/h20-22H,3-19H2,1-2H3/q+1. The second kappa shape index (κ2) is 18.6. The number of rotatable bonds is 18. The maximum absolute atomic E-state index is 9.73. The normalized spacial score (nSPS) is 14.1. The quantitative estimate of drug-likeness (QED) is 0.268. The van der Waals surface area contributed by atoms with Gasteiger partial charge in [-0.1, -0.05) is 65.2 Å². The van der Waals surface area contributed by atoms with Crippen LogP contribution >= 0.6 is 0 Å². The average molecular weight is 348 g/mol. The molecule has 2 unspecified atom stereocenters. The molecule has 0 aromatic heterocycles. The molecule has 140 valence electrons. The van der Waals surface area contributed by atoms with Crippen molar-refractivity contribution in [2.45, 2.75) is 103 Å². The molecule has 0 amide bonds. The topological polar surface area (TPSA) is 40.5 Å². The Balaban J connectivity index is 3.53. The summed E-state index contributed by atoms with van der Waals surface area (Å²) >= 11 is 0. The van der Waals surface area contributed by atoms with Gasteiger partial charge in [0.2, 0.25) is 0 Å². The van der Waals surface area contributed by atoms with E-state index >= 15 is 0 Å². The van der Waals surface area contributed by atoms with Gasteiger partial charge in [-0.05, 0) is 30.2 Å². The molecule has 0 aliphatic heterocycles. The smallest absolute Gasteiger partial charge is 0.110 e. The summed E-state index contributed by atoms with van der Waals surface area (Å²) in [5.74, 6) is 3.63. The molecule has 0 radical (unpaired) electrons. The van der Waals surface area contributed by atoms with E-state index in [2.05, 4.69) is 13.8 Å². The zero-order chi connectivity index (χ0) is 17.2. The van der Waals surface area contributed by atoms with Crippen LogP contribution in [-0.2, 0) is 10.9 Å². The highest BCUT2D eigenvalue weighted by Gasteiger charge is 2.18. The van der Waals surface area contributed by atoms with Crippen LogP contribution in [0.1, 0.15) is 97.3 Å². The van der Waals surface area contributed by atoms with Gasteiger partial charge in [-0.2, -0.15) is 0 Å². The highest BCUT2D eigenvalue weighted by atomic mass is 32.2. The minimum Gasteiger partial charge on any atom is -0.396 e. The van der Waals surface area contributed by atoms with Crippen molar-refractivity contribution < 1.29 is 10.2 Å². The molecule has 3 heteroatoms. The molecule has 0 rings (SSSR count). The SMILES string of the molecule is CCCCCCCCCCCC[S+](CCCO)CCC(O)CC. The van der Waals surface area contributed by atoms with Crippen LogP contribution in [-0.4, -0.2) is 40.2 Å².